The van der Waals surface area contributed by atoms with Crippen LogP contribution in [0.2, 0.25) is 0 Å². The molecule has 0 aliphatic rings. The zero-order valence-corrected chi connectivity index (χ0v) is 39.5. The van der Waals surface area contributed by atoms with Gasteiger partial charge in [0.25, 0.3) is 0 Å². The van der Waals surface area contributed by atoms with Gasteiger partial charge in [-0.05, 0) is 83.5 Å². The number of allylic oxidation sites excluding steroid dienone is 14. The quantitative estimate of drug-likeness (QED) is 0.0347. The second-order valence-electron chi connectivity index (χ2n) is 16.3. The summed E-state index contributed by atoms with van der Waals surface area (Å²) < 4.78 is 17.2. The first-order valence-corrected chi connectivity index (χ1v) is 25.1. The average Bonchev–Trinajstić information content (AvgIpc) is 3.25. The molecule has 0 saturated heterocycles. The van der Waals surface area contributed by atoms with Crippen molar-refractivity contribution in [1.29, 1.82) is 0 Å². The van der Waals surface area contributed by atoms with Gasteiger partial charge in [0.2, 0.25) is 0 Å². The van der Waals surface area contributed by atoms with Gasteiger partial charge < -0.3 is 14.2 Å². The maximum atomic E-state index is 12.8. The lowest BCUT2D eigenvalue weighted by molar-refractivity contribution is -0.162. The van der Waals surface area contributed by atoms with Crippen LogP contribution >= 0.6 is 0 Å². The third-order valence-electron chi connectivity index (χ3n) is 10.4. The second-order valence-corrected chi connectivity index (χ2v) is 16.3. The summed E-state index contributed by atoms with van der Waals surface area (Å²) in [5.41, 5.74) is 0. The van der Waals surface area contributed by atoms with Crippen molar-refractivity contribution in [1.82, 2.24) is 0 Å². The van der Waals surface area contributed by atoms with Gasteiger partial charge in [0.1, 0.15) is 6.61 Å². The van der Waals surface area contributed by atoms with Crippen LogP contribution in [0, 0.1) is 0 Å². The van der Waals surface area contributed by atoms with E-state index >= 15 is 0 Å². The summed E-state index contributed by atoms with van der Waals surface area (Å²) in [6.07, 6.45) is 66.0. The molecule has 0 aliphatic carbocycles. The summed E-state index contributed by atoms with van der Waals surface area (Å²) >= 11 is 0. The summed E-state index contributed by atoms with van der Waals surface area (Å²) in [6, 6.07) is 0. The molecule has 5 heteroatoms. The molecule has 60 heavy (non-hydrogen) atoms. The van der Waals surface area contributed by atoms with Crippen LogP contribution in [0.5, 0.6) is 0 Å². The number of carbonyl (C=O) groups is 2. The van der Waals surface area contributed by atoms with E-state index < -0.39 is 6.10 Å². The number of esters is 2. The first-order valence-electron chi connectivity index (χ1n) is 25.1. The molecule has 1 unspecified atom stereocenters. The van der Waals surface area contributed by atoms with Gasteiger partial charge in [-0.3, -0.25) is 9.59 Å². The normalized spacial score (nSPS) is 12.9. The van der Waals surface area contributed by atoms with Crippen LogP contribution in [0.15, 0.2) is 85.1 Å². The molecular weight excluding hydrogens is 741 g/mol. The number of hydrogen-bond donors (Lipinski definition) is 0. The minimum Gasteiger partial charge on any atom is -0.462 e. The van der Waals surface area contributed by atoms with Crippen molar-refractivity contribution < 1.29 is 23.8 Å². The molecular formula is C55H94O5. The van der Waals surface area contributed by atoms with E-state index in [9.17, 15) is 9.59 Å². The zero-order chi connectivity index (χ0) is 43.5. The first-order chi connectivity index (χ1) is 29.6. The van der Waals surface area contributed by atoms with E-state index in [1.807, 2.05) is 6.08 Å². The number of rotatable bonds is 45. The molecule has 344 valence electrons. The molecule has 0 aliphatic heterocycles. The van der Waals surface area contributed by atoms with Crippen LogP contribution in [0.1, 0.15) is 226 Å². The van der Waals surface area contributed by atoms with Crippen molar-refractivity contribution in [2.45, 2.75) is 232 Å². The molecule has 0 spiro atoms. The highest BCUT2D eigenvalue weighted by Gasteiger charge is 2.17. The summed E-state index contributed by atoms with van der Waals surface area (Å²) in [5.74, 6) is -0.500. The Bertz CT molecular complexity index is 1130. The molecule has 5 nitrogen and oxygen atoms in total. The van der Waals surface area contributed by atoms with Crippen LogP contribution in [0.3, 0.4) is 0 Å². The fraction of sp³-hybridized carbons (Fsp3) is 0.709. The molecule has 0 aromatic rings. The first kappa shape index (κ1) is 57.1. The molecule has 0 bridgehead atoms. The highest BCUT2D eigenvalue weighted by molar-refractivity contribution is 5.70. The minimum absolute atomic E-state index is 0.0417. The molecule has 1 atom stereocenters. The Morgan fingerprint density at radius 2 is 0.783 bits per heavy atom. The van der Waals surface area contributed by atoms with Crippen molar-refractivity contribution in [2.75, 3.05) is 19.8 Å². The van der Waals surface area contributed by atoms with E-state index in [0.29, 0.717) is 25.9 Å². The number of ether oxygens (including phenoxy) is 3. The Labute approximate surface area is 371 Å². The third-order valence-corrected chi connectivity index (χ3v) is 10.4. The highest BCUT2D eigenvalue weighted by Crippen LogP contribution is 2.13. The Balaban J connectivity index is 4.30. The van der Waals surface area contributed by atoms with E-state index in [-0.39, 0.29) is 25.2 Å². The third kappa shape index (κ3) is 47.8. The number of carbonyl (C=O) groups excluding carboxylic acids is 2. The van der Waals surface area contributed by atoms with Crippen LogP contribution in [-0.4, -0.2) is 37.9 Å². The van der Waals surface area contributed by atoms with Crippen LogP contribution < -0.4 is 0 Å². The topological polar surface area (TPSA) is 61.8 Å². The largest absolute Gasteiger partial charge is 0.462 e. The summed E-state index contributed by atoms with van der Waals surface area (Å²) in [5, 5.41) is 0. The smallest absolute Gasteiger partial charge is 0.306 e. The summed E-state index contributed by atoms with van der Waals surface area (Å²) in [6.45, 7) is 7.61. The van der Waals surface area contributed by atoms with Crippen molar-refractivity contribution in [3.05, 3.63) is 85.1 Å². The van der Waals surface area contributed by atoms with E-state index in [1.165, 1.54) is 116 Å². The van der Waals surface area contributed by atoms with Crippen LogP contribution in [0.4, 0.5) is 0 Å². The minimum atomic E-state index is -0.568. The average molecular weight is 835 g/mol. The van der Waals surface area contributed by atoms with E-state index in [1.54, 1.807) is 0 Å². The fourth-order valence-electron chi connectivity index (χ4n) is 6.71. The fourth-order valence-corrected chi connectivity index (χ4v) is 6.71. The van der Waals surface area contributed by atoms with Crippen molar-refractivity contribution in [3.8, 4) is 0 Å². The van der Waals surface area contributed by atoms with Crippen molar-refractivity contribution in [3.63, 3.8) is 0 Å². The molecule has 0 N–H and O–H groups in total. The van der Waals surface area contributed by atoms with Crippen molar-refractivity contribution in [2.24, 2.45) is 0 Å². The van der Waals surface area contributed by atoms with Gasteiger partial charge in [-0.2, -0.15) is 0 Å². The van der Waals surface area contributed by atoms with Crippen LogP contribution in [-0.2, 0) is 23.8 Å². The predicted octanol–water partition coefficient (Wildman–Crippen LogP) is 16.9. The second kappa shape index (κ2) is 50.4. The van der Waals surface area contributed by atoms with Gasteiger partial charge in [-0.15, -0.1) is 0 Å². The summed E-state index contributed by atoms with van der Waals surface area (Å²) in [4.78, 5) is 25.3. The molecule has 0 radical (unpaired) electrons. The zero-order valence-electron chi connectivity index (χ0n) is 39.5. The van der Waals surface area contributed by atoms with E-state index in [4.69, 9.17) is 14.2 Å². The predicted molar refractivity (Wildman–Crippen MR) is 260 cm³/mol. The number of hydrogen-bond acceptors (Lipinski definition) is 5. The maximum absolute atomic E-state index is 12.8. The molecule has 0 saturated carbocycles. The van der Waals surface area contributed by atoms with Crippen LogP contribution in [0.25, 0.3) is 0 Å². The number of unbranched alkanes of at least 4 members (excludes halogenated alkanes) is 20. The van der Waals surface area contributed by atoms with Gasteiger partial charge >= 0.3 is 11.9 Å². The van der Waals surface area contributed by atoms with Gasteiger partial charge in [0, 0.05) is 19.4 Å². The molecule has 0 heterocycles. The molecule has 0 amide bonds. The van der Waals surface area contributed by atoms with E-state index in [2.05, 4.69) is 99.8 Å². The SMILES string of the molecule is CC/C=C\C/C=C\C/C=C\C/C=C\C/C=C\C/C=C\CCC(=O)OCC(COCCCCCCCCCC)OC(=O)CCCCCCCCC/C=C\CCCCCCCC. The molecule has 0 fully saturated rings. The highest BCUT2D eigenvalue weighted by atomic mass is 16.6. The Morgan fingerprint density at radius 1 is 0.383 bits per heavy atom. The molecule has 0 rings (SSSR count). The summed E-state index contributed by atoms with van der Waals surface area (Å²) in [7, 11) is 0. The lowest BCUT2D eigenvalue weighted by Crippen LogP contribution is -2.30. The standard InChI is InChI=1S/C55H94O5/c1-4-7-10-13-16-19-21-23-25-27-28-30-31-33-35-37-39-42-45-48-54(56)59-52-53(51-58-50-47-44-41-18-15-12-9-6-3)60-55(57)49-46-43-40-38-36-34-32-29-26-24-22-20-17-14-11-8-5-2/h7,10,16,19,23-26,28,30,33,35,39,42,53H,4-6,8-9,11-15,17-18,20-22,27,29,31-32,34,36-38,40-41,43-52H2,1-3H3/b10-7-,19-16-,25-23-,26-24-,30-28-,35-33-,42-39-. The Kier molecular flexibility index (Phi) is 48.0. The van der Waals surface area contributed by atoms with Gasteiger partial charge in [0.05, 0.1) is 6.61 Å². The van der Waals surface area contributed by atoms with Crippen molar-refractivity contribution >= 4 is 11.9 Å². The lowest BCUT2D eigenvalue weighted by atomic mass is 10.1. The lowest BCUT2D eigenvalue weighted by Gasteiger charge is -2.18. The monoisotopic (exact) mass is 835 g/mol. The Morgan fingerprint density at radius 3 is 1.27 bits per heavy atom. The molecule has 0 aromatic heterocycles. The van der Waals surface area contributed by atoms with Gasteiger partial charge in [-0.25, -0.2) is 0 Å². The maximum Gasteiger partial charge on any atom is 0.306 e. The van der Waals surface area contributed by atoms with Gasteiger partial charge in [0.15, 0.2) is 6.10 Å². The van der Waals surface area contributed by atoms with Gasteiger partial charge in [-0.1, -0.05) is 215 Å². The Hall–Kier alpha value is -2.92. The molecule has 0 aromatic carbocycles. The van der Waals surface area contributed by atoms with E-state index in [0.717, 1.165) is 70.6 Å².